The number of hydrogen-bond donors (Lipinski definition) is 0. The van der Waals surface area contributed by atoms with Crippen LogP contribution in [0.2, 0.25) is 0 Å². The molecule has 0 fully saturated rings. The van der Waals surface area contributed by atoms with E-state index in [0.717, 1.165) is 25.9 Å². The van der Waals surface area contributed by atoms with Crippen molar-refractivity contribution in [3.8, 4) is 0 Å². The number of carboxylic acids is 1. The molecule has 0 saturated carbocycles. The largest absolute Gasteiger partial charge is 0.545 e. The van der Waals surface area contributed by atoms with E-state index in [1.807, 2.05) is 20.8 Å². The highest BCUT2D eigenvalue weighted by atomic mass is 16.4. The standard InChI is InChI=1S/C11H21NO2/c1-5-8-10(9(4)11(13)14)12(6-2)7-3/h10H,4-8H2,1-3H3,(H,13,14)/p-1. The van der Waals surface area contributed by atoms with Gasteiger partial charge >= 0.3 is 0 Å². The predicted molar refractivity (Wildman–Crippen MR) is 55.8 cm³/mol. The van der Waals surface area contributed by atoms with Crippen molar-refractivity contribution >= 4 is 5.97 Å². The Kier molecular flexibility index (Phi) is 6.21. The van der Waals surface area contributed by atoms with Crippen molar-refractivity contribution in [1.82, 2.24) is 4.90 Å². The predicted octanol–water partition coefficient (Wildman–Crippen LogP) is 0.803. The van der Waals surface area contributed by atoms with E-state index in [9.17, 15) is 9.90 Å². The molecule has 3 nitrogen and oxygen atoms in total. The number of likely N-dealkylation sites (N-methyl/N-ethyl adjacent to an activating group) is 1. The molecule has 3 heteroatoms. The minimum atomic E-state index is -1.13. The number of aliphatic carboxylic acids is 1. The molecule has 0 aromatic rings. The van der Waals surface area contributed by atoms with E-state index in [-0.39, 0.29) is 11.6 Å². The van der Waals surface area contributed by atoms with E-state index in [1.165, 1.54) is 0 Å². The summed E-state index contributed by atoms with van der Waals surface area (Å²) in [5.74, 6) is -1.13. The number of rotatable bonds is 7. The van der Waals surface area contributed by atoms with Gasteiger partial charge in [-0.25, -0.2) is 0 Å². The van der Waals surface area contributed by atoms with Crippen molar-refractivity contribution in [3.63, 3.8) is 0 Å². The maximum Gasteiger partial charge on any atom is 0.0684 e. The molecule has 1 unspecified atom stereocenters. The highest BCUT2D eigenvalue weighted by Crippen LogP contribution is 2.14. The minimum absolute atomic E-state index is 0.0694. The Labute approximate surface area is 86.4 Å². The van der Waals surface area contributed by atoms with Crippen molar-refractivity contribution < 1.29 is 9.90 Å². The molecular weight excluding hydrogens is 178 g/mol. The average Bonchev–Trinajstić information content (AvgIpc) is 2.17. The summed E-state index contributed by atoms with van der Waals surface area (Å²) in [5, 5.41) is 10.7. The van der Waals surface area contributed by atoms with Crippen LogP contribution in [-0.4, -0.2) is 30.0 Å². The molecule has 0 bridgehead atoms. The average molecular weight is 198 g/mol. The first-order chi connectivity index (χ1) is 6.58. The molecule has 0 aliphatic carbocycles. The summed E-state index contributed by atoms with van der Waals surface area (Å²) in [7, 11) is 0. The van der Waals surface area contributed by atoms with Gasteiger partial charge in [-0.2, -0.15) is 0 Å². The normalized spacial score (nSPS) is 12.9. The van der Waals surface area contributed by atoms with Crippen molar-refractivity contribution in [3.05, 3.63) is 12.2 Å². The summed E-state index contributed by atoms with van der Waals surface area (Å²) in [6, 6.07) is -0.0694. The number of hydrogen-bond acceptors (Lipinski definition) is 3. The maximum absolute atomic E-state index is 10.7. The lowest BCUT2D eigenvalue weighted by atomic mass is 10.0. The first-order valence-corrected chi connectivity index (χ1v) is 5.22. The van der Waals surface area contributed by atoms with Crippen LogP contribution in [0.1, 0.15) is 33.6 Å². The molecule has 0 radical (unpaired) electrons. The van der Waals surface area contributed by atoms with Crippen molar-refractivity contribution in [2.75, 3.05) is 13.1 Å². The van der Waals surface area contributed by atoms with Gasteiger partial charge in [-0.3, -0.25) is 4.90 Å². The highest BCUT2D eigenvalue weighted by Gasteiger charge is 2.18. The van der Waals surface area contributed by atoms with Gasteiger partial charge in [-0.05, 0) is 25.1 Å². The highest BCUT2D eigenvalue weighted by molar-refractivity contribution is 5.85. The van der Waals surface area contributed by atoms with Crippen molar-refractivity contribution in [1.29, 1.82) is 0 Å². The molecule has 0 saturated heterocycles. The van der Waals surface area contributed by atoms with E-state index in [2.05, 4.69) is 11.5 Å². The van der Waals surface area contributed by atoms with E-state index < -0.39 is 5.97 Å². The Balaban J connectivity index is 4.55. The lowest BCUT2D eigenvalue weighted by Gasteiger charge is -2.31. The first-order valence-electron chi connectivity index (χ1n) is 5.22. The number of carbonyl (C=O) groups excluding carboxylic acids is 1. The zero-order valence-electron chi connectivity index (χ0n) is 9.38. The van der Waals surface area contributed by atoms with Crippen LogP contribution >= 0.6 is 0 Å². The summed E-state index contributed by atoms with van der Waals surface area (Å²) in [6.07, 6.45) is 1.78. The van der Waals surface area contributed by atoms with Gasteiger partial charge in [0.25, 0.3) is 0 Å². The molecule has 0 rings (SSSR count). The van der Waals surface area contributed by atoms with Gasteiger partial charge < -0.3 is 9.90 Å². The molecule has 0 amide bonds. The molecular formula is C11H20NO2-. The van der Waals surface area contributed by atoms with E-state index in [0.29, 0.717) is 0 Å². The second-order valence-corrected chi connectivity index (χ2v) is 3.34. The van der Waals surface area contributed by atoms with Crippen LogP contribution < -0.4 is 5.11 Å². The van der Waals surface area contributed by atoms with Crippen LogP contribution in [0.4, 0.5) is 0 Å². The Morgan fingerprint density at radius 3 is 2.14 bits per heavy atom. The van der Waals surface area contributed by atoms with Crippen LogP contribution in [-0.2, 0) is 4.79 Å². The van der Waals surface area contributed by atoms with Gasteiger partial charge in [-0.1, -0.05) is 33.8 Å². The molecule has 0 heterocycles. The monoisotopic (exact) mass is 198 g/mol. The van der Waals surface area contributed by atoms with Crippen LogP contribution in [0.3, 0.4) is 0 Å². The SMILES string of the molecule is C=C(C(=O)[O-])C(CCC)N(CC)CC. The van der Waals surface area contributed by atoms with Gasteiger partial charge in [-0.15, -0.1) is 0 Å². The first kappa shape index (κ1) is 13.2. The molecule has 1 atom stereocenters. The van der Waals surface area contributed by atoms with Crippen molar-refractivity contribution in [2.24, 2.45) is 0 Å². The molecule has 0 N–H and O–H groups in total. The fraction of sp³-hybridized carbons (Fsp3) is 0.727. The summed E-state index contributed by atoms with van der Waals surface area (Å²) in [5.41, 5.74) is 0.204. The number of carboxylic acid groups (broad SMARTS) is 1. The van der Waals surface area contributed by atoms with Crippen LogP contribution in [0.25, 0.3) is 0 Å². The Morgan fingerprint density at radius 1 is 1.36 bits per heavy atom. The van der Waals surface area contributed by atoms with Crippen LogP contribution in [0.5, 0.6) is 0 Å². The van der Waals surface area contributed by atoms with Gasteiger partial charge in [0, 0.05) is 6.04 Å². The van der Waals surface area contributed by atoms with Gasteiger partial charge in [0.05, 0.1) is 5.97 Å². The zero-order valence-corrected chi connectivity index (χ0v) is 9.38. The smallest absolute Gasteiger partial charge is 0.0684 e. The van der Waals surface area contributed by atoms with E-state index >= 15 is 0 Å². The third-order valence-corrected chi connectivity index (χ3v) is 2.48. The zero-order chi connectivity index (χ0) is 11.1. The lowest BCUT2D eigenvalue weighted by molar-refractivity contribution is -0.300. The topological polar surface area (TPSA) is 43.4 Å². The summed E-state index contributed by atoms with van der Waals surface area (Å²) in [4.78, 5) is 12.8. The van der Waals surface area contributed by atoms with Gasteiger partial charge in [0.15, 0.2) is 0 Å². The van der Waals surface area contributed by atoms with E-state index in [4.69, 9.17) is 0 Å². The van der Waals surface area contributed by atoms with Crippen LogP contribution in [0, 0.1) is 0 Å². The molecule has 82 valence electrons. The number of nitrogens with zero attached hydrogens (tertiary/aromatic N) is 1. The van der Waals surface area contributed by atoms with Gasteiger partial charge in [0.1, 0.15) is 0 Å². The Hall–Kier alpha value is -0.830. The second kappa shape index (κ2) is 6.60. The van der Waals surface area contributed by atoms with Gasteiger partial charge in [0.2, 0.25) is 0 Å². The molecule has 0 spiro atoms. The van der Waals surface area contributed by atoms with Crippen molar-refractivity contribution in [2.45, 2.75) is 39.7 Å². The minimum Gasteiger partial charge on any atom is -0.545 e. The third kappa shape index (κ3) is 3.50. The number of carbonyl (C=O) groups is 1. The maximum atomic E-state index is 10.7. The molecule has 0 aliphatic rings. The fourth-order valence-corrected chi connectivity index (χ4v) is 1.65. The molecule has 0 aliphatic heterocycles. The lowest BCUT2D eigenvalue weighted by Crippen LogP contribution is -2.41. The molecule has 0 aromatic heterocycles. The molecule has 14 heavy (non-hydrogen) atoms. The quantitative estimate of drug-likeness (QED) is 0.568. The Morgan fingerprint density at radius 2 is 1.86 bits per heavy atom. The fourth-order valence-electron chi connectivity index (χ4n) is 1.65. The Bertz CT molecular complexity index is 197. The summed E-state index contributed by atoms with van der Waals surface area (Å²) in [6.45, 7) is 11.4. The summed E-state index contributed by atoms with van der Waals surface area (Å²) < 4.78 is 0. The third-order valence-electron chi connectivity index (χ3n) is 2.48. The summed E-state index contributed by atoms with van der Waals surface area (Å²) >= 11 is 0. The second-order valence-electron chi connectivity index (χ2n) is 3.34. The van der Waals surface area contributed by atoms with Crippen LogP contribution in [0.15, 0.2) is 12.2 Å². The molecule has 0 aromatic carbocycles. The van der Waals surface area contributed by atoms with E-state index in [1.54, 1.807) is 0 Å².